The molecule has 128 valence electrons. The zero-order chi connectivity index (χ0) is 17.8. The Balaban J connectivity index is 1.61. The fourth-order valence-corrected chi connectivity index (χ4v) is 3.90. The van der Waals surface area contributed by atoms with E-state index in [4.69, 9.17) is 0 Å². The van der Waals surface area contributed by atoms with Crippen molar-refractivity contribution in [2.45, 2.75) is 6.92 Å². The standard InChI is InChI=1S/C17H14BrN3O2S2/c1-10-15(11-4-6-12(18)7-5-11)21-17(25-10)20-14(22)9-19-16(23)13-3-2-8-24-13/h2-8H,9H2,1H3,(H,19,23)(H,20,21,22). The first-order valence-corrected chi connectivity index (χ1v) is 9.87. The molecule has 3 aromatic rings. The third kappa shape index (κ3) is 4.53. The minimum atomic E-state index is -0.305. The van der Waals surface area contributed by atoms with E-state index in [0.717, 1.165) is 20.6 Å². The van der Waals surface area contributed by atoms with E-state index in [1.807, 2.05) is 36.6 Å². The van der Waals surface area contributed by atoms with Crippen LogP contribution in [0.1, 0.15) is 14.5 Å². The van der Waals surface area contributed by atoms with Gasteiger partial charge in [-0.2, -0.15) is 0 Å². The maximum absolute atomic E-state index is 12.0. The lowest BCUT2D eigenvalue weighted by atomic mass is 10.1. The highest BCUT2D eigenvalue weighted by Gasteiger charge is 2.13. The van der Waals surface area contributed by atoms with Gasteiger partial charge in [0.1, 0.15) is 0 Å². The molecule has 0 aliphatic carbocycles. The smallest absolute Gasteiger partial charge is 0.261 e. The van der Waals surface area contributed by atoms with Crippen molar-refractivity contribution in [3.63, 3.8) is 0 Å². The van der Waals surface area contributed by atoms with Crippen LogP contribution in [0.25, 0.3) is 11.3 Å². The van der Waals surface area contributed by atoms with Gasteiger partial charge in [0.15, 0.2) is 5.13 Å². The highest BCUT2D eigenvalue weighted by Crippen LogP contribution is 2.30. The Labute approximate surface area is 161 Å². The predicted octanol–water partition coefficient (Wildman–Crippen LogP) is 4.31. The summed E-state index contributed by atoms with van der Waals surface area (Å²) in [6, 6.07) is 11.4. The SMILES string of the molecule is Cc1sc(NC(=O)CNC(=O)c2cccs2)nc1-c1ccc(Br)cc1. The number of hydrogen-bond donors (Lipinski definition) is 2. The van der Waals surface area contributed by atoms with Gasteiger partial charge in [0.05, 0.1) is 17.1 Å². The number of thiophene rings is 1. The average molecular weight is 436 g/mol. The van der Waals surface area contributed by atoms with Crippen LogP contribution >= 0.6 is 38.6 Å². The second-order valence-corrected chi connectivity index (χ2v) is 8.21. The Morgan fingerprint density at radius 2 is 1.96 bits per heavy atom. The Kier molecular flexibility index (Phi) is 5.62. The van der Waals surface area contributed by atoms with Gasteiger partial charge in [0, 0.05) is 14.9 Å². The number of halogens is 1. The van der Waals surface area contributed by atoms with Gasteiger partial charge >= 0.3 is 0 Å². The Morgan fingerprint density at radius 1 is 1.20 bits per heavy atom. The van der Waals surface area contributed by atoms with Crippen LogP contribution in [0, 0.1) is 6.92 Å². The summed E-state index contributed by atoms with van der Waals surface area (Å²) in [6.45, 7) is 1.87. The fraction of sp³-hybridized carbons (Fsp3) is 0.118. The van der Waals surface area contributed by atoms with Crippen LogP contribution in [-0.2, 0) is 4.79 Å². The first kappa shape index (κ1) is 17.8. The van der Waals surface area contributed by atoms with E-state index in [1.54, 1.807) is 12.1 Å². The number of aromatic nitrogens is 1. The van der Waals surface area contributed by atoms with Crippen molar-refractivity contribution in [2.24, 2.45) is 0 Å². The van der Waals surface area contributed by atoms with Gasteiger partial charge in [-0.25, -0.2) is 4.98 Å². The molecule has 2 aromatic heterocycles. The van der Waals surface area contributed by atoms with Gasteiger partial charge in [-0.1, -0.05) is 34.1 Å². The first-order valence-electron chi connectivity index (χ1n) is 7.38. The summed E-state index contributed by atoms with van der Waals surface area (Å²) >= 11 is 6.15. The summed E-state index contributed by atoms with van der Waals surface area (Å²) in [5, 5.41) is 7.66. The monoisotopic (exact) mass is 435 g/mol. The van der Waals surface area contributed by atoms with Crippen LogP contribution < -0.4 is 10.6 Å². The highest BCUT2D eigenvalue weighted by molar-refractivity contribution is 9.10. The summed E-state index contributed by atoms with van der Waals surface area (Å²) in [4.78, 5) is 29.9. The van der Waals surface area contributed by atoms with Gasteiger partial charge in [-0.15, -0.1) is 22.7 Å². The normalized spacial score (nSPS) is 10.5. The van der Waals surface area contributed by atoms with Gasteiger partial charge < -0.3 is 10.6 Å². The van der Waals surface area contributed by atoms with Crippen molar-refractivity contribution in [1.29, 1.82) is 0 Å². The molecule has 0 aliphatic heterocycles. The van der Waals surface area contributed by atoms with Gasteiger partial charge in [-0.3, -0.25) is 9.59 Å². The third-order valence-electron chi connectivity index (χ3n) is 3.32. The van der Waals surface area contributed by atoms with Crippen LogP contribution in [0.2, 0.25) is 0 Å². The van der Waals surface area contributed by atoms with Gasteiger partial charge in [-0.05, 0) is 30.5 Å². The number of anilines is 1. The van der Waals surface area contributed by atoms with Crippen LogP contribution in [0.3, 0.4) is 0 Å². The molecule has 0 fully saturated rings. The quantitative estimate of drug-likeness (QED) is 0.626. The van der Waals surface area contributed by atoms with Crippen molar-refractivity contribution in [2.75, 3.05) is 11.9 Å². The minimum Gasteiger partial charge on any atom is -0.342 e. The van der Waals surface area contributed by atoms with Crippen LogP contribution in [0.15, 0.2) is 46.3 Å². The summed E-state index contributed by atoms with van der Waals surface area (Å²) in [7, 11) is 0. The van der Waals surface area contributed by atoms with Crippen molar-refractivity contribution in [3.8, 4) is 11.3 Å². The number of hydrogen-bond acceptors (Lipinski definition) is 5. The molecule has 5 nitrogen and oxygen atoms in total. The molecule has 0 saturated heterocycles. The molecule has 0 unspecified atom stereocenters. The van der Waals surface area contributed by atoms with E-state index in [-0.39, 0.29) is 18.4 Å². The first-order chi connectivity index (χ1) is 12.0. The number of thiazole rings is 1. The zero-order valence-corrected chi connectivity index (χ0v) is 16.4. The van der Waals surface area contributed by atoms with E-state index < -0.39 is 0 Å². The number of benzene rings is 1. The third-order valence-corrected chi connectivity index (χ3v) is 5.60. The molecule has 0 radical (unpaired) electrons. The topological polar surface area (TPSA) is 71.1 Å². The largest absolute Gasteiger partial charge is 0.342 e. The number of carbonyl (C=O) groups excluding carboxylic acids is 2. The molecule has 0 aliphatic rings. The van der Waals surface area contributed by atoms with Crippen molar-refractivity contribution in [1.82, 2.24) is 10.3 Å². The van der Waals surface area contributed by atoms with Crippen LogP contribution in [0.4, 0.5) is 5.13 Å². The number of nitrogens with zero attached hydrogens (tertiary/aromatic N) is 1. The zero-order valence-electron chi connectivity index (χ0n) is 13.2. The van der Waals surface area contributed by atoms with Gasteiger partial charge in [0.2, 0.25) is 5.91 Å². The molecular weight excluding hydrogens is 422 g/mol. The average Bonchev–Trinajstić information content (AvgIpc) is 3.23. The van der Waals surface area contributed by atoms with E-state index in [0.29, 0.717) is 10.0 Å². The molecule has 2 amide bonds. The summed E-state index contributed by atoms with van der Waals surface area (Å²) < 4.78 is 0.999. The van der Waals surface area contributed by atoms with Crippen LogP contribution in [0.5, 0.6) is 0 Å². The van der Waals surface area contributed by atoms with Gasteiger partial charge in [0.25, 0.3) is 5.91 Å². The molecule has 0 saturated carbocycles. The van der Waals surface area contributed by atoms with Crippen molar-refractivity contribution >= 4 is 55.5 Å². The molecule has 8 heteroatoms. The second kappa shape index (κ2) is 7.90. The van der Waals surface area contributed by atoms with E-state index in [1.165, 1.54) is 22.7 Å². The molecule has 3 rings (SSSR count). The lowest BCUT2D eigenvalue weighted by Gasteiger charge is -2.03. The lowest BCUT2D eigenvalue weighted by Crippen LogP contribution is -2.32. The highest BCUT2D eigenvalue weighted by atomic mass is 79.9. The number of nitrogens with one attached hydrogen (secondary N) is 2. The summed E-state index contributed by atoms with van der Waals surface area (Å²) in [6.07, 6.45) is 0. The molecule has 0 atom stereocenters. The Bertz CT molecular complexity index is 889. The molecule has 0 spiro atoms. The number of aryl methyl sites for hydroxylation is 1. The lowest BCUT2D eigenvalue weighted by molar-refractivity contribution is -0.115. The number of amides is 2. The predicted molar refractivity (Wildman–Crippen MR) is 105 cm³/mol. The Morgan fingerprint density at radius 3 is 2.64 bits per heavy atom. The van der Waals surface area contributed by atoms with E-state index >= 15 is 0 Å². The van der Waals surface area contributed by atoms with E-state index in [2.05, 4.69) is 31.5 Å². The molecule has 2 heterocycles. The fourth-order valence-electron chi connectivity index (χ4n) is 2.14. The number of rotatable bonds is 5. The molecule has 0 bridgehead atoms. The maximum atomic E-state index is 12.0. The van der Waals surface area contributed by atoms with Crippen molar-refractivity contribution in [3.05, 3.63) is 56.0 Å². The van der Waals surface area contributed by atoms with E-state index in [9.17, 15) is 9.59 Å². The number of carbonyl (C=O) groups is 2. The Hall–Kier alpha value is -2.03. The molecule has 1 aromatic carbocycles. The summed E-state index contributed by atoms with van der Waals surface area (Å²) in [5.41, 5.74) is 1.83. The summed E-state index contributed by atoms with van der Waals surface area (Å²) in [5.74, 6) is -0.558. The molecular formula is C17H14BrN3O2S2. The second-order valence-electron chi connectivity index (χ2n) is 5.14. The minimum absolute atomic E-state index is 0.0943. The van der Waals surface area contributed by atoms with Crippen molar-refractivity contribution < 1.29 is 9.59 Å². The molecule has 25 heavy (non-hydrogen) atoms. The maximum Gasteiger partial charge on any atom is 0.261 e. The van der Waals surface area contributed by atoms with Crippen LogP contribution in [-0.4, -0.2) is 23.3 Å². The molecule has 2 N–H and O–H groups in total.